The van der Waals surface area contributed by atoms with Gasteiger partial charge in [-0.2, -0.15) is 5.10 Å². The van der Waals surface area contributed by atoms with Gasteiger partial charge in [-0.25, -0.2) is 10.4 Å². The molecule has 0 fully saturated rings. The molecule has 6 nitrogen and oxygen atoms in total. The molecule has 4 rings (SSSR count). The van der Waals surface area contributed by atoms with Gasteiger partial charge >= 0.3 is 5.91 Å². The number of hydrogen-bond donors (Lipinski definition) is 1. The summed E-state index contributed by atoms with van der Waals surface area (Å²) in [5.41, 5.74) is 5.59. The fraction of sp³-hybridized carbons (Fsp3) is 0.0833. The third kappa shape index (κ3) is 4.17. The van der Waals surface area contributed by atoms with Crippen LogP contribution in [0.15, 0.2) is 88.8 Å². The van der Waals surface area contributed by atoms with Gasteiger partial charge in [0.05, 0.1) is 23.7 Å². The van der Waals surface area contributed by atoms with E-state index in [4.69, 9.17) is 0 Å². The number of benzene rings is 3. The van der Waals surface area contributed by atoms with Crippen LogP contribution in [0.25, 0.3) is 10.9 Å². The summed E-state index contributed by atoms with van der Waals surface area (Å²) in [6.07, 6.45) is 1.55. The van der Waals surface area contributed by atoms with E-state index in [0.29, 0.717) is 10.9 Å². The Labute approximate surface area is 173 Å². The average molecular weight is 396 g/mol. The Hall–Kier alpha value is -4.06. The highest BCUT2D eigenvalue weighted by Crippen LogP contribution is 2.10. The van der Waals surface area contributed by atoms with Crippen molar-refractivity contribution in [1.29, 1.82) is 0 Å². The van der Waals surface area contributed by atoms with Crippen molar-refractivity contribution < 1.29 is 4.79 Å². The Bertz CT molecular complexity index is 1280. The van der Waals surface area contributed by atoms with Crippen LogP contribution in [0.3, 0.4) is 0 Å². The van der Waals surface area contributed by atoms with E-state index in [0.717, 1.165) is 16.7 Å². The highest BCUT2D eigenvalue weighted by molar-refractivity contribution is 5.93. The molecule has 0 aliphatic heterocycles. The number of carbonyl (C=O) groups excluding carboxylic acids is 1. The van der Waals surface area contributed by atoms with Crippen molar-refractivity contribution >= 4 is 23.0 Å². The van der Waals surface area contributed by atoms with Crippen molar-refractivity contribution in [2.75, 3.05) is 0 Å². The number of nitrogens with zero attached hydrogens (tertiary/aromatic N) is 3. The Morgan fingerprint density at radius 3 is 2.47 bits per heavy atom. The minimum atomic E-state index is -0.544. The first-order valence-corrected chi connectivity index (χ1v) is 9.55. The lowest BCUT2D eigenvalue weighted by atomic mass is 10.2. The SMILES string of the molecule is Cc1ccc(/C=N\NC(=O)c2nc3ccccc3c(=O)n2Cc2ccccc2)cc1. The molecule has 6 heteroatoms. The number of amides is 1. The van der Waals surface area contributed by atoms with Gasteiger partial charge in [-0.3, -0.25) is 14.2 Å². The number of carbonyl (C=O) groups is 1. The number of nitrogens with one attached hydrogen (secondary N) is 1. The van der Waals surface area contributed by atoms with Crippen LogP contribution in [0.1, 0.15) is 27.3 Å². The lowest BCUT2D eigenvalue weighted by Crippen LogP contribution is -2.32. The van der Waals surface area contributed by atoms with Crippen LogP contribution in [0.2, 0.25) is 0 Å². The van der Waals surface area contributed by atoms with E-state index in [2.05, 4.69) is 15.5 Å². The maximum Gasteiger partial charge on any atom is 0.307 e. The van der Waals surface area contributed by atoms with E-state index in [9.17, 15) is 9.59 Å². The first-order valence-electron chi connectivity index (χ1n) is 9.55. The second-order valence-electron chi connectivity index (χ2n) is 6.94. The number of fused-ring (bicyclic) bond motifs is 1. The van der Waals surface area contributed by atoms with Crippen molar-refractivity contribution in [1.82, 2.24) is 15.0 Å². The van der Waals surface area contributed by atoms with Gasteiger partial charge in [0.1, 0.15) is 0 Å². The van der Waals surface area contributed by atoms with Crippen molar-refractivity contribution in [2.45, 2.75) is 13.5 Å². The summed E-state index contributed by atoms with van der Waals surface area (Å²) in [6.45, 7) is 2.24. The number of hydrogen-bond acceptors (Lipinski definition) is 4. The van der Waals surface area contributed by atoms with E-state index in [1.807, 2.05) is 61.5 Å². The summed E-state index contributed by atoms with van der Waals surface area (Å²) in [6, 6.07) is 24.2. The molecule has 0 unspecified atom stereocenters. The predicted molar refractivity (Wildman–Crippen MR) is 118 cm³/mol. The molecular weight excluding hydrogens is 376 g/mol. The van der Waals surface area contributed by atoms with Crippen molar-refractivity contribution in [3.63, 3.8) is 0 Å². The molecule has 0 saturated heterocycles. The van der Waals surface area contributed by atoms with Crippen molar-refractivity contribution in [3.05, 3.63) is 112 Å². The van der Waals surface area contributed by atoms with Gasteiger partial charge < -0.3 is 0 Å². The molecule has 1 N–H and O–H groups in total. The van der Waals surface area contributed by atoms with Crippen LogP contribution in [-0.2, 0) is 6.54 Å². The van der Waals surface area contributed by atoms with Gasteiger partial charge in [0.2, 0.25) is 5.82 Å². The van der Waals surface area contributed by atoms with Gasteiger partial charge in [0.25, 0.3) is 5.56 Å². The zero-order chi connectivity index (χ0) is 20.9. The lowest BCUT2D eigenvalue weighted by molar-refractivity contribution is 0.0939. The largest absolute Gasteiger partial charge is 0.307 e. The molecule has 1 aromatic heterocycles. The van der Waals surface area contributed by atoms with Crippen LogP contribution in [-0.4, -0.2) is 21.7 Å². The Morgan fingerprint density at radius 2 is 1.70 bits per heavy atom. The molecule has 4 aromatic rings. The minimum absolute atomic E-state index is 0.0172. The van der Waals surface area contributed by atoms with Crippen LogP contribution < -0.4 is 11.0 Å². The molecule has 0 spiro atoms. The molecule has 0 aliphatic carbocycles. The predicted octanol–water partition coefficient (Wildman–Crippen LogP) is 3.52. The fourth-order valence-electron chi connectivity index (χ4n) is 3.12. The van der Waals surface area contributed by atoms with Gasteiger partial charge in [0, 0.05) is 0 Å². The summed E-state index contributed by atoms with van der Waals surface area (Å²) in [5, 5.41) is 4.49. The second-order valence-corrected chi connectivity index (χ2v) is 6.94. The quantitative estimate of drug-likeness (QED) is 0.414. The maximum atomic E-state index is 13.1. The van der Waals surface area contributed by atoms with E-state index < -0.39 is 5.91 Å². The highest BCUT2D eigenvalue weighted by Gasteiger charge is 2.17. The summed E-state index contributed by atoms with van der Waals surface area (Å²) in [5.74, 6) is -0.527. The van der Waals surface area contributed by atoms with Crippen LogP contribution in [0.5, 0.6) is 0 Å². The molecule has 0 radical (unpaired) electrons. The minimum Gasteiger partial charge on any atom is -0.283 e. The molecule has 148 valence electrons. The number of hydrazone groups is 1. The number of aryl methyl sites for hydroxylation is 1. The monoisotopic (exact) mass is 396 g/mol. The van der Waals surface area contributed by atoms with Crippen LogP contribution in [0, 0.1) is 6.92 Å². The van der Waals surface area contributed by atoms with E-state index in [1.165, 1.54) is 4.57 Å². The number of rotatable bonds is 5. The normalized spacial score (nSPS) is 11.1. The maximum absolute atomic E-state index is 13.1. The van der Waals surface area contributed by atoms with E-state index in [1.54, 1.807) is 30.5 Å². The Balaban J connectivity index is 1.69. The first kappa shape index (κ1) is 19.3. The Kier molecular flexibility index (Phi) is 5.48. The molecule has 3 aromatic carbocycles. The van der Waals surface area contributed by atoms with E-state index >= 15 is 0 Å². The topological polar surface area (TPSA) is 76.3 Å². The summed E-state index contributed by atoms with van der Waals surface area (Å²) < 4.78 is 1.38. The lowest BCUT2D eigenvalue weighted by Gasteiger charge is -2.12. The summed E-state index contributed by atoms with van der Waals surface area (Å²) in [4.78, 5) is 30.4. The number of para-hydroxylation sites is 1. The molecule has 1 amide bonds. The van der Waals surface area contributed by atoms with Crippen molar-refractivity contribution in [3.8, 4) is 0 Å². The molecule has 0 aliphatic rings. The standard InChI is InChI=1S/C24H20N4O2/c1-17-11-13-18(14-12-17)15-25-27-23(29)22-26-21-10-6-5-9-20(21)24(30)28(22)16-19-7-3-2-4-8-19/h2-15H,16H2,1H3,(H,27,29)/b25-15-. The zero-order valence-electron chi connectivity index (χ0n) is 16.4. The van der Waals surface area contributed by atoms with Crippen LogP contribution in [0.4, 0.5) is 0 Å². The van der Waals surface area contributed by atoms with E-state index in [-0.39, 0.29) is 17.9 Å². The van der Waals surface area contributed by atoms with Gasteiger partial charge in [-0.05, 0) is 30.2 Å². The van der Waals surface area contributed by atoms with Crippen LogP contribution >= 0.6 is 0 Å². The summed E-state index contributed by atoms with van der Waals surface area (Å²) >= 11 is 0. The third-order valence-corrected chi connectivity index (χ3v) is 4.71. The first-order chi connectivity index (χ1) is 14.6. The molecule has 0 bridgehead atoms. The molecular formula is C24H20N4O2. The third-order valence-electron chi connectivity index (χ3n) is 4.71. The Morgan fingerprint density at radius 1 is 1.00 bits per heavy atom. The molecule has 0 atom stereocenters. The zero-order valence-corrected chi connectivity index (χ0v) is 16.4. The smallest absolute Gasteiger partial charge is 0.283 e. The van der Waals surface area contributed by atoms with Crippen molar-refractivity contribution in [2.24, 2.45) is 5.10 Å². The second kappa shape index (κ2) is 8.53. The van der Waals surface area contributed by atoms with Gasteiger partial charge in [-0.15, -0.1) is 0 Å². The van der Waals surface area contributed by atoms with Gasteiger partial charge in [0.15, 0.2) is 0 Å². The molecule has 0 saturated carbocycles. The number of aromatic nitrogens is 2. The highest BCUT2D eigenvalue weighted by atomic mass is 16.2. The fourth-order valence-corrected chi connectivity index (χ4v) is 3.12. The molecule has 1 heterocycles. The summed E-state index contributed by atoms with van der Waals surface area (Å²) in [7, 11) is 0. The molecule has 30 heavy (non-hydrogen) atoms. The van der Waals surface area contributed by atoms with Gasteiger partial charge in [-0.1, -0.05) is 72.3 Å². The average Bonchev–Trinajstić information content (AvgIpc) is 2.77.